The van der Waals surface area contributed by atoms with Gasteiger partial charge in [0.2, 0.25) is 0 Å². The van der Waals surface area contributed by atoms with E-state index >= 15 is 0 Å². The van der Waals surface area contributed by atoms with Gasteiger partial charge in [0.1, 0.15) is 0 Å². The van der Waals surface area contributed by atoms with E-state index in [0.29, 0.717) is 18.1 Å². The SMILES string of the molecule is CCCOC(=O)/C(C)=C/NCC(C)C. The lowest BCUT2D eigenvalue weighted by atomic mass is 10.2. The van der Waals surface area contributed by atoms with Crippen molar-refractivity contribution in [2.24, 2.45) is 5.92 Å². The van der Waals surface area contributed by atoms with Crippen molar-refractivity contribution in [1.29, 1.82) is 0 Å². The van der Waals surface area contributed by atoms with Crippen molar-refractivity contribution in [3.05, 3.63) is 11.8 Å². The summed E-state index contributed by atoms with van der Waals surface area (Å²) in [6, 6.07) is 0. The van der Waals surface area contributed by atoms with E-state index in [1.165, 1.54) is 0 Å². The number of hydrogen-bond donors (Lipinski definition) is 1. The predicted molar refractivity (Wildman–Crippen MR) is 57.8 cm³/mol. The summed E-state index contributed by atoms with van der Waals surface area (Å²) in [6.07, 6.45) is 2.58. The molecular formula is C11H21NO2. The molecule has 0 spiro atoms. The predicted octanol–water partition coefficient (Wildman–Crippen LogP) is 2.09. The summed E-state index contributed by atoms with van der Waals surface area (Å²) < 4.78 is 4.96. The van der Waals surface area contributed by atoms with E-state index in [1.807, 2.05) is 6.92 Å². The third-order valence-corrected chi connectivity index (χ3v) is 1.60. The number of carbonyl (C=O) groups excluding carboxylic acids is 1. The number of ether oxygens (including phenoxy) is 1. The van der Waals surface area contributed by atoms with E-state index in [0.717, 1.165) is 13.0 Å². The molecule has 0 saturated heterocycles. The second kappa shape index (κ2) is 7.42. The first-order valence-corrected chi connectivity index (χ1v) is 5.15. The van der Waals surface area contributed by atoms with Gasteiger partial charge in [0.25, 0.3) is 0 Å². The molecule has 0 aromatic rings. The van der Waals surface area contributed by atoms with Crippen LogP contribution in [0.5, 0.6) is 0 Å². The zero-order valence-corrected chi connectivity index (χ0v) is 9.59. The molecule has 1 N–H and O–H groups in total. The Morgan fingerprint density at radius 1 is 1.50 bits per heavy atom. The van der Waals surface area contributed by atoms with Gasteiger partial charge in [0.15, 0.2) is 0 Å². The van der Waals surface area contributed by atoms with Crippen LogP contribution < -0.4 is 5.32 Å². The molecule has 0 fully saturated rings. The molecule has 0 atom stereocenters. The second-order valence-electron chi connectivity index (χ2n) is 3.77. The summed E-state index contributed by atoms with van der Waals surface area (Å²) >= 11 is 0. The summed E-state index contributed by atoms with van der Waals surface area (Å²) in [5.41, 5.74) is 0.624. The van der Waals surface area contributed by atoms with Crippen molar-refractivity contribution in [3.8, 4) is 0 Å². The third kappa shape index (κ3) is 6.52. The van der Waals surface area contributed by atoms with Gasteiger partial charge in [-0.15, -0.1) is 0 Å². The highest BCUT2D eigenvalue weighted by Gasteiger charge is 2.03. The fraction of sp³-hybridized carbons (Fsp3) is 0.727. The van der Waals surface area contributed by atoms with Gasteiger partial charge in [-0.25, -0.2) is 4.79 Å². The van der Waals surface area contributed by atoms with E-state index in [1.54, 1.807) is 13.1 Å². The quantitative estimate of drug-likeness (QED) is 0.526. The molecule has 3 nitrogen and oxygen atoms in total. The topological polar surface area (TPSA) is 38.3 Å². The zero-order valence-electron chi connectivity index (χ0n) is 9.59. The van der Waals surface area contributed by atoms with Crippen molar-refractivity contribution < 1.29 is 9.53 Å². The molecule has 0 aliphatic rings. The Balaban J connectivity index is 3.79. The van der Waals surface area contributed by atoms with Crippen LogP contribution in [0.3, 0.4) is 0 Å². The summed E-state index contributed by atoms with van der Waals surface area (Å²) in [6.45, 7) is 9.33. The molecule has 0 bridgehead atoms. The smallest absolute Gasteiger partial charge is 0.335 e. The number of hydrogen-bond acceptors (Lipinski definition) is 3. The van der Waals surface area contributed by atoms with Crippen molar-refractivity contribution in [1.82, 2.24) is 5.32 Å². The Hall–Kier alpha value is -0.990. The van der Waals surface area contributed by atoms with Gasteiger partial charge in [-0.05, 0) is 19.3 Å². The van der Waals surface area contributed by atoms with Gasteiger partial charge >= 0.3 is 5.97 Å². The van der Waals surface area contributed by atoms with Crippen molar-refractivity contribution >= 4 is 5.97 Å². The minimum atomic E-state index is -0.233. The largest absolute Gasteiger partial charge is 0.462 e. The van der Waals surface area contributed by atoms with E-state index in [2.05, 4.69) is 19.2 Å². The minimum Gasteiger partial charge on any atom is -0.462 e. The van der Waals surface area contributed by atoms with Gasteiger partial charge in [0, 0.05) is 18.3 Å². The monoisotopic (exact) mass is 199 g/mol. The Bertz CT molecular complexity index is 197. The molecular weight excluding hydrogens is 178 g/mol. The van der Waals surface area contributed by atoms with E-state index in [-0.39, 0.29) is 5.97 Å². The highest BCUT2D eigenvalue weighted by Crippen LogP contribution is 1.96. The molecule has 0 aromatic heterocycles. The van der Waals surface area contributed by atoms with Crippen molar-refractivity contribution in [2.75, 3.05) is 13.2 Å². The van der Waals surface area contributed by atoms with Crippen LogP contribution in [0.4, 0.5) is 0 Å². The number of esters is 1. The first-order chi connectivity index (χ1) is 6.57. The van der Waals surface area contributed by atoms with Gasteiger partial charge in [-0.1, -0.05) is 20.8 Å². The lowest BCUT2D eigenvalue weighted by Crippen LogP contribution is -2.16. The molecule has 82 valence electrons. The van der Waals surface area contributed by atoms with Crippen LogP contribution in [0.15, 0.2) is 11.8 Å². The number of carbonyl (C=O) groups is 1. The normalized spacial score (nSPS) is 11.6. The highest BCUT2D eigenvalue weighted by molar-refractivity contribution is 5.87. The Labute approximate surface area is 86.5 Å². The van der Waals surface area contributed by atoms with Gasteiger partial charge in [0.05, 0.1) is 6.61 Å². The van der Waals surface area contributed by atoms with Crippen LogP contribution in [0.25, 0.3) is 0 Å². The lowest BCUT2D eigenvalue weighted by molar-refractivity contribution is -0.139. The summed E-state index contributed by atoms with van der Waals surface area (Å²) in [4.78, 5) is 11.2. The maximum atomic E-state index is 11.2. The molecule has 0 aliphatic carbocycles. The van der Waals surface area contributed by atoms with Crippen LogP contribution in [0.2, 0.25) is 0 Å². The van der Waals surface area contributed by atoms with Gasteiger partial charge in [-0.3, -0.25) is 0 Å². The van der Waals surface area contributed by atoms with Gasteiger partial charge in [-0.2, -0.15) is 0 Å². The standard InChI is InChI=1S/C11H21NO2/c1-5-6-14-11(13)10(4)8-12-7-9(2)3/h8-9,12H,5-7H2,1-4H3/b10-8+. The Kier molecular flexibility index (Phi) is 6.89. The molecule has 0 rings (SSSR count). The first kappa shape index (κ1) is 13.0. The number of rotatable bonds is 6. The summed E-state index contributed by atoms with van der Waals surface area (Å²) in [7, 11) is 0. The molecule has 14 heavy (non-hydrogen) atoms. The maximum absolute atomic E-state index is 11.2. The molecule has 0 aromatic carbocycles. The third-order valence-electron chi connectivity index (χ3n) is 1.60. The second-order valence-corrected chi connectivity index (χ2v) is 3.77. The average molecular weight is 199 g/mol. The average Bonchev–Trinajstić information content (AvgIpc) is 2.13. The van der Waals surface area contributed by atoms with Crippen molar-refractivity contribution in [3.63, 3.8) is 0 Å². The fourth-order valence-electron chi connectivity index (χ4n) is 0.815. The fourth-order valence-corrected chi connectivity index (χ4v) is 0.815. The minimum absolute atomic E-state index is 0.233. The van der Waals surface area contributed by atoms with E-state index in [4.69, 9.17) is 4.74 Å². The summed E-state index contributed by atoms with van der Waals surface area (Å²) in [5.74, 6) is 0.341. The molecule has 3 heteroatoms. The molecule has 0 saturated carbocycles. The Morgan fingerprint density at radius 2 is 2.14 bits per heavy atom. The molecule has 0 aliphatic heterocycles. The van der Waals surface area contributed by atoms with E-state index < -0.39 is 0 Å². The van der Waals surface area contributed by atoms with Crippen LogP contribution in [0, 0.1) is 5.92 Å². The molecule has 0 heterocycles. The summed E-state index contributed by atoms with van der Waals surface area (Å²) in [5, 5.41) is 3.08. The van der Waals surface area contributed by atoms with E-state index in [9.17, 15) is 4.79 Å². The van der Waals surface area contributed by atoms with Crippen LogP contribution in [0.1, 0.15) is 34.1 Å². The zero-order chi connectivity index (χ0) is 11.0. The maximum Gasteiger partial charge on any atom is 0.335 e. The highest BCUT2D eigenvalue weighted by atomic mass is 16.5. The molecule has 0 amide bonds. The number of nitrogens with one attached hydrogen (secondary N) is 1. The van der Waals surface area contributed by atoms with Crippen LogP contribution in [-0.2, 0) is 9.53 Å². The lowest BCUT2D eigenvalue weighted by Gasteiger charge is -2.06. The first-order valence-electron chi connectivity index (χ1n) is 5.15. The van der Waals surface area contributed by atoms with Crippen LogP contribution in [-0.4, -0.2) is 19.1 Å². The molecule has 0 unspecified atom stereocenters. The Morgan fingerprint density at radius 3 is 2.64 bits per heavy atom. The van der Waals surface area contributed by atoms with Crippen LogP contribution >= 0.6 is 0 Å². The van der Waals surface area contributed by atoms with Crippen molar-refractivity contribution in [2.45, 2.75) is 34.1 Å². The van der Waals surface area contributed by atoms with Gasteiger partial charge < -0.3 is 10.1 Å². The molecule has 0 radical (unpaired) electrons.